The molecule has 0 amide bonds. The average Bonchev–Trinajstić information content (AvgIpc) is 3.47. The van der Waals surface area contributed by atoms with Gasteiger partial charge in [-0.1, -0.05) is 121 Å². The first-order chi connectivity index (χ1) is 21.3. The third-order valence-electron chi connectivity index (χ3n) is 8.66. The van der Waals surface area contributed by atoms with Crippen LogP contribution in [0, 0.1) is 0 Å². The summed E-state index contributed by atoms with van der Waals surface area (Å²) in [5.41, 5.74) is 9.46. The summed E-state index contributed by atoms with van der Waals surface area (Å²) in [5, 5.41) is 8.30. The van der Waals surface area contributed by atoms with Crippen LogP contribution in [0.3, 0.4) is 0 Å². The molecule has 43 heavy (non-hydrogen) atoms. The molecule has 2 aromatic heterocycles. The fraction of sp³-hybridized carbons (Fsp3) is 0. The minimum Gasteiger partial charge on any atom is -0.455 e. The van der Waals surface area contributed by atoms with Crippen molar-refractivity contribution in [2.45, 2.75) is 0 Å². The fourth-order valence-electron chi connectivity index (χ4n) is 6.60. The number of hydrogen-bond acceptors (Lipinski definition) is 2. The van der Waals surface area contributed by atoms with Crippen molar-refractivity contribution >= 4 is 54.4 Å². The van der Waals surface area contributed by atoms with Crippen molar-refractivity contribution in [1.29, 1.82) is 0 Å². The van der Waals surface area contributed by atoms with E-state index in [1.54, 1.807) is 0 Å². The van der Waals surface area contributed by atoms with Crippen LogP contribution >= 0.6 is 0 Å². The Bertz CT molecular complexity index is 2510. The SMILES string of the molecule is c1ccc(-c2ccc3c4ccccc4c4ccc(-c5cccc(-c6cccc7c6oc6ccccc67)c5)nc4c3c2)cc1. The summed E-state index contributed by atoms with van der Waals surface area (Å²) in [5.74, 6) is 0. The second-order valence-corrected chi connectivity index (χ2v) is 11.1. The van der Waals surface area contributed by atoms with Gasteiger partial charge in [0.15, 0.2) is 0 Å². The quantitative estimate of drug-likeness (QED) is 0.206. The number of furan rings is 1. The predicted octanol–water partition coefficient (Wildman–Crippen LogP) is 11.4. The molecular formula is C41H25NO. The summed E-state index contributed by atoms with van der Waals surface area (Å²) < 4.78 is 6.36. The van der Waals surface area contributed by atoms with E-state index in [2.05, 4.69) is 140 Å². The van der Waals surface area contributed by atoms with E-state index < -0.39 is 0 Å². The fourth-order valence-corrected chi connectivity index (χ4v) is 6.60. The van der Waals surface area contributed by atoms with Crippen LogP contribution in [0.25, 0.3) is 87.9 Å². The topological polar surface area (TPSA) is 26.0 Å². The van der Waals surface area contributed by atoms with Crippen molar-refractivity contribution in [3.05, 3.63) is 152 Å². The molecule has 2 heterocycles. The van der Waals surface area contributed by atoms with Gasteiger partial charge in [-0.3, -0.25) is 0 Å². The van der Waals surface area contributed by atoms with Gasteiger partial charge < -0.3 is 4.42 Å². The summed E-state index contributed by atoms with van der Waals surface area (Å²) >= 11 is 0. The summed E-state index contributed by atoms with van der Waals surface area (Å²) in [6, 6.07) is 53.7. The molecule has 0 aliphatic heterocycles. The highest BCUT2D eigenvalue weighted by atomic mass is 16.3. The highest BCUT2D eigenvalue weighted by Crippen LogP contribution is 2.39. The predicted molar refractivity (Wildman–Crippen MR) is 180 cm³/mol. The number of fused-ring (bicyclic) bond motifs is 9. The summed E-state index contributed by atoms with van der Waals surface area (Å²) in [4.78, 5) is 5.37. The Kier molecular flexibility index (Phi) is 5.23. The smallest absolute Gasteiger partial charge is 0.143 e. The van der Waals surface area contributed by atoms with Crippen molar-refractivity contribution in [3.8, 4) is 33.5 Å². The lowest BCUT2D eigenvalue weighted by molar-refractivity contribution is 0.670. The largest absolute Gasteiger partial charge is 0.455 e. The molecule has 7 aromatic carbocycles. The van der Waals surface area contributed by atoms with Gasteiger partial charge in [-0.2, -0.15) is 0 Å². The second-order valence-electron chi connectivity index (χ2n) is 11.1. The van der Waals surface area contributed by atoms with E-state index in [-0.39, 0.29) is 0 Å². The highest BCUT2D eigenvalue weighted by Gasteiger charge is 2.15. The van der Waals surface area contributed by atoms with Crippen molar-refractivity contribution in [3.63, 3.8) is 0 Å². The number of benzene rings is 7. The van der Waals surface area contributed by atoms with Crippen LogP contribution in [0.2, 0.25) is 0 Å². The molecule has 9 aromatic rings. The lowest BCUT2D eigenvalue weighted by atomic mass is 9.93. The van der Waals surface area contributed by atoms with E-state index in [1.165, 1.54) is 38.1 Å². The van der Waals surface area contributed by atoms with Gasteiger partial charge in [0.05, 0.1) is 11.2 Å². The maximum absolute atomic E-state index is 6.36. The highest BCUT2D eigenvalue weighted by molar-refractivity contribution is 6.25. The second kappa shape index (κ2) is 9.40. The van der Waals surface area contributed by atoms with Crippen LogP contribution in [-0.2, 0) is 0 Å². The lowest BCUT2D eigenvalue weighted by Crippen LogP contribution is -1.90. The van der Waals surface area contributed by atoms with E-state index in [0.29, 0.717) is 0 Å². The van der Waals surface area contributed by atoms with E-state index in [9.17, 15) is 0 Å². The van der Waals surface area contributed by atoms with Gasteiger partial charge >= 0.3 is 0 Å². The van der Waals surface area contributed by atoms with E-state index in [4.69, 9.17) is 9.40 Å². The Hall–Kier alpha value is -5.73. The van der Waals surface area contributed by atoms with Gasteiger partial charge in [-0.05, 0) is 63.2 Å². The summed E-state index contributed by atoms with van der Waals surface area (Å²) in [6.45, 7) is 0. The number of pyridine rings is 1. The Balaban J connectivity index is 1.26. The van der Waals surface area contributed by atoms with Crippen LogP contribution < -0.4 is 0 Å². The minimum atomic E-state index is 0.909. The molecular weight excluding hydrogens is 522 g/mol. The molecule has 0 aliphatic carbocycles. The van der Waals surface area contributed by atoms with Crippen LogP contribution in [-0.4, -0.2) is 4.98 Å². The monoisotopic (exact) mass is 547 g/mol. The van der Waals surface area contributed by atoms with Gasteiger partial charge in [-0.15, -0.1) is 0 Å². The molecule has 0 radical (unpaired) electrons. The first-order valence-electron chi connectivity index (χ1n) is 14.6. The molecule has 9 rings (SSSR count). The zero-order valence-corrected chi connectivity index (χ0v) is 23.3. The molecule has 0 aliphatic rings. The first-order valence-corrected chi connectivity index (χ1v) is 14.6. The molecule has 0 saturated heterocycles. The Morgan fingerprint density at radius 3 is 1.91 bits per heavy atom. The van der Waals surface area contributed by atoms with Gasteiger partial charge in [0, 0.05) is 32.7 Å². The molecule has 200 valence electrons. The summed E-state index contributed by atoms with van der Waals surface area (Å²) in [7, 11) is 0. The van der Waals surface area contributed by atoms with Crippen LogP contribution in [0.1, 0.15) is 0 Å². The molecule has 0 bridgehead atoms. The molecule has 0 N–H and O–H groups in total. The van der Waals surface area contributed by atoms with Crippen molar-refractivity contribution in [2.75, 3.05) is 0 Å². The minimum absolute atomic E-state index is 0.909. The maximum atomic E-state index is 6.36. The Labute approximate surface area is 248 Å². The molecule has 0 unspecified atom stereocenters. The molecule has 2 nitrogen and oxygen atoms in total. The van der Waals surface area contributed by atoms with Crippen LogP contribution in [0.15, 0.2) is 156 Å². The Morgan fingerprint density at radius 1 is 0.372 bits per heavy atom. The van der Waals surface area contributed by atoms with Crippen LogP contribution in [0.5, 0.6) is 0 Å². The molecule has 2 heteroatoms. The van der Waals surface area contributed by atoms with Crippen molar-refractivity contribution in [1.82, 2.24) is 4.98 Å². The third kappa shape index (κ3) is 3.77. The van der Waals surface area contributed by atoms with Gasteiger partial charge in [0.1, 0.15) is 11.2 Å². The van der Waals surface area contributed by atoms with Crippen LogP contribution in [0.4, 0.5) is 0 Å². The molecule has 0 saturated carbocycles. The standard InChI is InChI=1S/C41H25NO/c1-2-10-26(11-3-1)27-20-21-33-31-14-4-5-15-32(31)35-22-23-38(42-40(35)37(33)25-27)29-13-8-12-28(24-29)30-17-9-18-36-34-16-6-7-19-39(34)43-41(30)36/h1-25H. The van der Waals surface area contributed by atoms with E-state index in [1.807, 2.05) is 12.1 Å². The zero-order chi connectivity index (χ0) is 28.3. The first kappa shape index (κ1) is 23.9. The van der Waals surface area contributed by atoms with Crippen molar-refractivity contribution < 1.29 is 4.42 Å². The zero-order valence-electron chi connectivity index (χ0n) is 23.3. The number of hydrogen-bond donors (Lipinski definition) is 0. The molecule has 0 atom stereocenters. The number of rotatable bonds is 3. The van der Waals surface area contributed by atoms with Crippen molar-refractivity contribution in [2.24, 2.45) is 0 Å². The Morgan fingerprint density at radius 2 is 1.02 bits per heavy atom. The lowest BCUT2D eigenvalue weighted by Gasteiger charge is -2.13. The number of nitrogens with zero attached hydrogens (tertiary/aromatic N) is 1. The third-order valence-corrected chi connectivity index (χ3v) is 8.66. The van der Waals surface area contributed by atoms with Gasteiger partial charge in [-0.25, -0.2) is 4.98 Å². The average molecular weight is 548 g/mol. The van der Waals surface area contributed by atoms with Gasteiger partial charge in [0.25, 0.3) is 0 Å². The maximum Gasteiger partial charge on any atom is 0.143 e. The number of aromatic nitrogens is 1. The van der Waals surface area contributed by atoms with Gasteiger partial charge in [0.2, 0.25) is 0 Å². The van der Waals surface area contributed by atoms with E-state index in [0.717, 1.165) is 49.8 Å². The summed E-state index contributed by atoms with van der Waals surface area (Å²) in [6.07, 6.45) is 0. The normalized spacial score (nSPS) is 11.7. The molecule has 0 spiro atoms. The van der Waals surface area contributed by atoms with E-state index >= 15 is 0 Å². The molecule has 0 fully saturated rings. The number of para-hydroxylation sites is 2.